The number of phenols is 1. The molecular weight excluding hydrogens is 350 g/mol. The predicted molar refractivity (Wildman–Crippen MR) is 104 cm³/mol. The average Bonchev–Trinajstić information content (AvgIpc) is 2.97. The number of phenolic OH excluding ortho intramolecular Hbond substituents is 1. The highest BCUT2D eigenvalue weighted by atomic mass is 32.1. The van der Waals surface area contributed by atoms with Gasteiger partial charge in [0.15, 0.2) is 16.3 Å². The zero-order chi connectivity index (χ0) is 18.3. The zero-order valence-electron chi connectivity index (χ0n) is 13.8. The largest absolute Gasteiger partial charge is 0.508 e. The van der Waals surface area contributed by atoms with Gasteiger partial charge in [-0.25, -0.2) is 4.98 Å². The Labute approximate surface area is 152 Å². The molecule has 130 valence electrons. The molecule has 0 amide bonds. The van der Waals surface area contributed by atoms with E-state index in [9.17, 15) is 9.90 Å². The number of hydrogen-bond acceptors (Lipinski definition) is 7. The van der Waals surface area contributed by atoms with Crippen LogP contribution in [0, 0.1) is 6.92 Å². The number of nitrogen functional groups attached to an aromatic ring is 1. The number of nitrogens with one attached hydrogen (secondary N) is 1. The lowest BCUT2D eigenvalue weighted by atomic mass is 10.2. The molecule has 0 fully saturated rings. The van der Waals surface area contributed by atoms with Gasteiger partial charge in [-0.1, -0.05) is 29.5 Å². The first-order valence-corrected chi connectivity index (χ1v) is 8.69. The molecule has 2 heterocycles. The number of nitrogens with two attached hydrogens (primary N) is 1. The lowest BCUT2D eigenvalue weighted by Crippen LogP contribution is -2.00. The number of aromatic hydroxyl groups is 1. The number of fused-ring (bicyclic) bond motifs is 1. The van der Waals surface area contributed by atoms with Crippen molar-refractivity contribution in [3.8, 4) is 16.4 Å². The molecule has 0 unspecified atom stereocenters. The summed E-state index contributed by atoms with van der Waals surface area (Å²) in [6, 6.07) is 13.6. The first-order valence-electron chi connectivity index (χ1n) is 7.87. The Kier molecular flexibility index (Phi) is 3.85. The molecule has 0 radical (unpaired) electrons. The Morgan fingerprint density at radius 3 is 2.81 bits per heavy atom. The van der Waals surface area contributed by atoms with E-state index in [1.165, 1.54) is 35.6 Å². The lowest BCUT2D eigenvalue weighted by molar-refractivity contribution is 0.474. The molecule has 0 saturated heterocycles. The van der Waals surface area contributed by atoms with E-state index in [0.717, 1.165) is 11.3 Å². The fourth-order valence-electron chi connectivity index (χ4n) is 2.65. The summed E-state index contributed by atoms with van der Waals surface area (Å²) in [5.74, 6) is 0.617. The number of anilines is 3. The second kappa shape index (κ2) is 6.20. The lowest BCUT2D eigenvalue weighted by Gasteiger charge is -2.05. The molecule has 6 nitrogen and oxygen atoms in total. The second-order valence-corrected chi connectivity index (χ2v) is 6.83. The van der Waals surface area contributed by atoms with Crippen molar-refractivity contribution in [1.82, 2.24) is 4.98 Å². The number of benzene rings is 2. The molecule has 0 aliphatic carbocycles. The molecule has 0 aliphatic heterocycles. The summed E-state index contributed by atoms with van der Waals surface area (Å²) < 4.78 is 5.78. The minimum atomic E-state index is -0.206. The fraction of sp³-hybridized carbons (Fsp3) is 0.0526. The maximum Gasteiger partial charge on any atom is 0.193 e. The number of para-hydroxylation sites is 1. The van der Waals surface area contributed by atoms with Gasteiger partial charge in [0.2, 0.25) is 0 Å². The van der Waals surface area contributed by atoms with Crippen LogP contribution in [0.25, 0.3) is 21.6 Å². The van der Waals surface area contributed by atoms with Crippen molar-refractivity contribution in [3.63, 3.8) is 0 Å². The third kappa shape index (κ3) is 2.89. The summed E-state index contributed by atoms with van der Waals surface area (Å²) in [6.07, 6.45) is 0. The van der Waals surface area contributed by atoms with Crippen molar-refractivity contribution in [1.29, 1.82) is 0 Å². The first kappa shape index (κ1) is 16.2. The normalized spacial score (nSPS) is 11.0. The molecule has 2 aromatic heterocycles. The molecule has 0 aliphatic rings. The predicted octanol–water partition coefficient (Wildman–Crippen LogP) is 4.26. The van der Waals surface area contributed by atoms with Crippen LogP contribution in [-0.4, -0.2) is 10.1 Å². The van der Waals surface area contributed by atoms with Gasteiger partial charge in [0.25, 0.3) is 0 Å². The Hall–Kier alpha value is -3.32. The molecule has 26 heavy (non-hydrogen) atoms. The van der Waals surface area contributed by atoms with E-state index in [1.54, 1.807) is 0 Å². The number of nitrogens with zero attached hydrogens (tertiary/aromatic N) is 1. The molecule has 0 bridgehead atoms. The third-order valence-electron chi connectivity index (χ3n) is 3.98. The minimum Gasteiger partial charge on any atom is -0.508 e. The van der Waals surface area contributed by atoms with E-state index in [1.807, 2.05) is 31.2 Å². The molecule has 0 saturated carbocycles. The summed E-state index contributed by atoms with van der Waals surface area (Å²) in [7, 11) is 0. The Morgan fingerprint density at radius 1 is 1.19 bits per heavy atom. The van der Waals surface area contributed by atoms with Crippen LogP contribution in [0.15, 0.2) is 57.7 Å². The molecule has 0 atom stereocenters. The van der Waals surface area contributed by atoms with Gasteiger partial charge in [-0.15, -0.1) is 0 Å². The van der Waals surface area contributed by atoms with Gasteiger partial charge in [-0.05, 0) is 30.7 Å². The van der Waals surface area contributed by atoms with E-state index in [0.29, 0.717) is 26.7 Å². The molecule has 4 rings (SSSR count). The van der Waals surface area contributed by atoms with Crippen LogP contribution in [-0.2, 0) is 0 Å². The van der Waals surface area contributed by atoms with Gasteiger partial charge in [0.05, 0.1) is 5.39 Å². The van der Waals surface area contributed by atoms with E-state index in [2.05, 4.69) is 10.3 Å². The van der Waals surface area contributed by atoms with Crippen LogP contribution < -0.4 is 16.5 Å². The van der Waals surface area contributed by atoms with Crippen LogP contribution in [0.2, 0.25) is 0 Å². The number of aryl methyl sites for hydroxylation is 1. The van der Waals surface area contributed by atoms with Crippen LogP contribution >= 0.6 is 11.3 Å². The van der Waals surface area contributed by atoms with Crippen molar-refractivity contribution < 1.29 is 9.52 Å². The van der Waals surface area contributed by atoms with Gasteiger partial charge in [0.1, 0.15) is 22.0 Å². The SMILES string of the molecule is Cc1ccccc1Nc1nc(N)c(-c2cc(=O)c3ccc(O)cc3o2)s1. The highest BCUT2D eigenvalue weighted by Gasteiger charge is 2.16. The van der Waals surface area contributed by atoms with Gasteiger partial charge in [-0.3, -0.25) is 4.79 Å². The van der Waals surface area contributed by atoms with Crippen LogP contribution in [0.3, 0.4) is 0 Å². The molecule has 2 aromatic carbocycles. The van der Waals surface area contributed by atoms with E-state index in [-0.39, 0.29) is 17.0 Å². The number of thiazole rings is 1. The monoisotopic (exact) mass is 365 g/mol. The minimum absolute atomic E-state index is 0.0250. The summed E-state index contributed by atoms with van der Waals surface area (Å²) in [5.41, 5.74) is 8.14. The number of hydrogen-bond donors (Lipinski definition) is 3. The van der Waals surface area contributed by atoms with Crippen LogP contribution in [0.4, 0.5) is 16.6 Å². The Bertz CT molecular complexity index is 1180. The summed E-state index contributed by atoms with van der Waals surface area (Å²) >= 11 is 1.30. The highest BCUT2D eigenvalue weighted by Crippen LogP contribution is 2.37. The Balaban J connectivity index is 1.77. The van der Waals surface area contributed by atoms with Gasteiger partial charge in [-0.2, -0.15) is 0 Å². The van der Waals surface area contributed by atoms with Crippen LogP contribution in [0.5, 0.6) is 5.75 Å². The smallest absolute Gasteiger partial charge is 0.193 e. The van der Waals surface area contributed by atoms with Crippen molar-refractivity contribution >= 4 is 38.9 Å². The molecule has 0 spiro atoms. The maximum absolute atomic E-state index is 12.3. The summed E-state index contributed by atoms with van der Waals surface area (Å²) in [5, 5.41) is 13.9. The highest BCUT2D eigenvalue weighted by molar-refractivity contribution is 7.19. The maximum atomic E-state index is 12.3. The van der Waals surface area contributed by atoms with E-state index in [4.69, 9.17) is 10.2 Å². The topological polar surface area (TPSA) is 101 Å². The van der Waals surface area contributed by atoms with Crippen LogP contribution in [0.1, 0.15) is 5.56 Å². The molecule has 7 heteroatoms. The fourth-order valence-corrected chi connectivity index (χ4v) is 3.50. The molecule has 4 aromatic rings. The quantitative estimate of drug-likeness (QED) is 0.501. The molecular formula is C19H15N3O3S. The van der Waals surface area contributed by atoms with Gasteiger partial charge < -0.3 is 20.6 Å². The first-order chi connectivity index (χ1) is 12.5. The van der Waals surface area contributed by atoms with E-state index >= 15 is 0 Å². The average molecular weight is 365 g/mol. The van der Waals surface area contributed by atoms with Gasteiger partial charge in [0, 0.05) is 17.8 Å². The molecule has 4 N–H and O–H groups in total. The summed E-state index contributed by atoms with van der Waals surface area (Å²) in [6.45, 7) is 2.00. The summed E-state index contributed by atoms with van der Waals surface area (Å²) in [4.78, 5) is 17.2. The standard InChI is InChI=1S/C19H15N3O3S/c1-10-4-2-3-5-13(10)21-19-22-18(20)17(26-19)16-9-14(24)12-7-6-11(23)8-15(12)25-16/h2-9,23H,20H2,1H3,(H,21,22). The number of aromatic nitrogens is 1. The zero-order valence-corrected chi connectivity index (χ0v) is 14.6. The van der Waals surface area contributed by atoms with Crippen molar-refractivity contribution in [3.05, 3.63) is 64.3 Å². The van der Waals surface area contributed by atoms with Gasteiger partial charge >= 0.3 is 0 Å². The van der Waals surface area contributed by atoms with Crippen molar-refractivity contribution in [2.24, 2.45) is 0 Å². The third-order valence-corrected chi connectivity index (χ3v) is 4.98. The van der Waals surface area contributed by atoms with Crippen molar-refractivity contribution in [2.45, 2.75) is 6.92 Å². The number of rotatable bonds is 3. The Morgan fingerprint density at radius 2 is 2.00 bits per heavy atom. The van der Waals surface area contributed by atoms with E-state index < -0.39 is 0 Å². The second-order valence-electron chi connectivity index (χ2n) is 5.83. The van der Waals surface area contributed by atoms with Crippen molar-refractivity contribution in [2.75, 3.05) is 11.1 Å².